The second kappa shape index (κ2) is 13.2. The minimum atomic E-state index is -1.38. The first-order valence-corrected chi connectivity index (χ1v) is 13.5. The Bertz CT molecular complexity index is 1840. The molecule has 5 N–H and O–H groups in total. The predicted molar refractivity (Wildman–Crippen MR) is 157 cm³/mol. The topological polar surface area (TPSA) is 174 Å². The SMILES string of the molecule is CCOC(=O)Nc1n[nH]c2ncc(-c3ccc(CNc4ncc(C#N)nc4C(O)N[C@@H](C)c4ccc(F)c(F)c4)cc3)cc12. The number of aliphatic hydroxyl groups is 1. The van der Waals surface area contributed by atoms with Crippen molar-refractivity contribution in [2.24, 2.45) is 0 Å². The van der Waals surface area contributed by atoms with E-state index in [1.54, 1.807) is 20.0 Å². The maximum atomic E-state index is 13.7. The fourth-order valence-electron chi connectivity index (χ4n) is 4.40. The normalized spacial score (nSPS) is 12.4. The molecule has 2 atom stereocenters. The molecule has 5 aromatic rings. The van der Waals surface area contributed by atoms with Crippen LogP contribution >= 0.6 is 0 Å². The maximum Gasteiger partial charge on any atom is 0.412 e. The highest BCUT2D eigenvalue weighted by molar-refractivity contribution is 5.97. The van der Waals surface area contributed by atoms with Crippen LogP contribution < -0.4 is 16.0 Å². The number of halogens is 2. The van der Waals surface area contributed by atoms with E-state index < -0.39 is 30.0 Å². The Morgan fingerprint density at radius 2 is 1.86 bits per heavy atom. The van der Waals surface area contributed by atoms with Crippen LogP contribution in [0.3, 0.4) is 0 Å². The first-order valence-electron chi connectivity index (χ1n) is 13.5. The molecule has 3 aromatic heterocycles. The number of amides is 1. The van der Waals surface area contributed by atoms with Gasteiger partial charge in [0.15, 0.2) is 40.8 Å². The van der Waals surface area contributed by atoms with Gasteiger partial charge >= 0.3 is 6.09 Å². The number of aliphatic hydroxyl groups excluding tert-OH is 1. The van der Waals surface area contributed by atoms with Crippen LogP contribution in [0.5, 0.6) is 0 Å². The Hall–Kier alpha value is -5.52. The van der Waals surface area contributed by atoms with E-state index in [-0.39, 0.29) is 23.8 Å². The molecule has 0 fully saturated rings. The molecule has 0 aliphatic carbocycles. The summed E-state index contributed by atoms with van der Waals surface area (Å²) in [4.78, 5) is 24.7. The lowest BCUT2D eigenvalue weighted by Gasteiger charge is -2.21. The Labute approximate surface area is 250 Å². The van der Waals surface area contributed by atoms with E-state index in [1.807, 2.05) is 36.4 Å². The molecule has 1 unspecified atom stereocenters. The Kier molecular flexibility index (Phi) is 8.98. The summed E-state index contributed by atoms with van der Waals surface area (Å²) in [5.41, 5.74) is 3.55. The van der Waals surface area contributed by atoms with E-state index in [9.17, 15) is 23.9 Å². The molecule has 0 saturated heterocycles. The second-order valence-corrected chi connectivity index (χ2v) is 9.65. The Balaban J connectivity index is 1.29. The van der Waals surface area contributed by atoms with Crippen LogP contribution in [0, 0.1) is 23.0 Å². The zero-order valence-corrected chi connectivity index (χ0v) is 23.6. The molecule has 224 valence electrons. The number of nitrogens with zero attached hydrogens (tertiary/aromatic N) is 5. The largest absolute Gasteiger partial charge is 0.450 e. The highest BCUT2D eigenvalue weighted by Gasteiger charge is 2.20. The van der Waals surface area contributed by atoms with Gasteiger partial charge in [0.05, 0.1) is 18.2 Å². The smallest absolute Gasteiger partial charge is 0.412 e. The van der Waals surface area contributed by atoms with E-state index >= 15 is 0 Å². The standard InChI is InChI=1S/C30H27F2N9O3/c1-3-44-30(43)39-27-22-10-20(14-35-26(22)40-41-27)18-6-4-17(5-7-18)13-34-28-25(38-21(12-33)15-36-28)29(42)37-16(2)19-8-9-23(31)24(32)11-19/h4-11,14-16,29,37,42H,3,13H2,1-2H3,(H,34,36)(H2,35,39,40,41,43)/t16-,29?/m0/s1. The number of benzene rings is 2. The number of nitriles is 1. The van der Waals surface area contributed by atoms with Gasteiger partial charge in [-0.25, -0.2) is 28.5 Å². The van der Waals surface area contributed by atoms with Gasteiger partial charge in [-0.15, -0.1) is 0 Å². The monoisotopic (exact) mass is 599 g/mol. The summed E-state index contributed by atoms with van der Waals surface area (Å²) in [7, 11) is 0. The van der Waals surface area contributed by atoms with Gasteiger partial charge in [-0.2, -0.15) is 10.4 Å². The summed E-state index contributed by atoms with van der Waals surface area (Å²) in [6.07, 6.45) is 0.984. The molecule has 2 aromatic carbocycles. The number of fused-ring (bicyclic) bond motifs is 1. The molecule has 0 aliphatic heterocycles. The van der Waals surface area contributed by atoms with Crippen molar-refractivity contribution < 1.29 is 23.4 Å². The molecule has 0 spiro atoms. The molecule has 5 rings (SSSR count). The molecule has 0 saturated carbocycles. The van der Waals surface area contributed by atoms with Gasteiger partial charge in [-0.05, 0) is 48.7 Å². The third-order valence-corrected chi connectivity index (χ3v) is 6.68. The lowest BCUT2D eigenvalue weighted by Crippen LogP contribution is -2.27. The van der Waals surface area contributed by atoms with Crippen LogP contribution in [-0.4, -0.2) is 43.0 Å². The number of aromatic amines is 1. The number of ether oxygens (including phenoxy) is 1. The molecule has 44 heavy (non-hydrogen) atoms. The number of rotatable bonds is 10. The van der Waals surface area contributed by atoms with Crippen molar-refractivity contribution in [3.05, 3.63) is 95.1 Å². The van der Waals surface area contributed by atoms with Crippen LogP contribution in [-0.2, 0) is 11.3 Å². The lowest BCUT2D eigenvalue weighted by atomic mass is 10.0. The molecular weight excluding hydrogens is 572 g/mol. The second-order valence-electron chi connectivity index (χ2n) is 9.65. The van der Waals surface area contributed by atoms with Gasteiger partial charge < -0.3 is 15.2 Å². The Morgan fingerprint density at radius 1 is 1.07 bits per heavy atom. The number of pyridine rings is 1. The summed E-state index contributed by atoms with van der Waals surface area (Å²) in [6.45, 7) is 3.92. The van der Waals surface area contributed by atoms with E-state index in [2.05, 4.69) is 41.1 Å². The van der Waals surface area contributed by atoms with Crippen LogP contribution in [0.15, 0.2) is 60.9 Å². The van der Waals surface area contributed by atoms with Crippen molar-refractivity contribution in [3.8, 4) is 17.2 Å². The third kappa shape index (κ3) is 6.75. The number of H-pyrrole nitrogens is 1. The van der Waals surface area contributed by atoms with Crippen LogP contribution in [0.2, 0.25) is 0 Å². The molecule has 0 aliphatic rings. The number of nitrogens with one attached hydrogen (secondary N) is 4. The zero-order chi connectivity index (χ0) is 31.2. The molecule has 12 nitrogen and oxygen atoms in total. The van der Waals surface area contributed by atoms with E-state index in [1.165, 1.54) is 12.3 Å². The molecule has 0 radical (unpaired) electrons. The summed E-state index contributed by atoms with van der Waals surface area (Å²) in [5, 5.41) is 36.3. The van der Waals surface area contributed by atoms with Gasteiger partial charge in [0.25, 0.3) is 0 Å². The van der Waals surface area contributed by atoms with Gasteiger partial charge in [0.1, 0.15) is 11.8 Å². The minimum absolute atomic E-state index is 0.0000430. The predicted octanol–water partition coefficient (Wildman–Crippen LogP) is 5.09. The Morgan fingerprint density at radius 3 is 2.59 bits per heavy atom. The number of hydrogen-bond acceptors (Lipinski definition) is 10. The summed E-state index contributed by atoms with van der Waals surface area (Å²) >= 11 is 0. The van der Waals surface area contributed by atoms with E-state index in [0.29, 0.717) is 29.0 Å². The number of hydrogen-bond donors (Lipinski definition) is 5. The van der Waals surface area contributed by atoms with Crippen molar-refractivity contribution >= 4 is 28.8 Å². The molecule has 14 heteroatoms. The fourth-order valence-corrected chi connectivity index (χ4v) is 4.40. The van der Waals surface area contributed by atoms with Crippen molar-refractivity contribution in [2.45, 2.75) is 32.7 Å². The molecule has 0 bridgehead atoms. The van der Waals surface area contributed by atoms with Gasteiger partial charge in [0, 0.05) is 24.3 Å². The first-order chi connectivity index (χ1) is 21.2. The van der Waals surface area contributed by atoms with E-state index in [4.69, 9.17) is 4.74 Å². The van der Waals surface area contributed by atoms with Crippen molar-refractivity contribution in [1.29, 1.82) is 5.26 Å². The molecular formula is C30H27F2N9O3. The van der Waals surface area contributed by atoms with E-state index in [0.717, 1.165) is 28.8 Å². The van der Waals surface area contributed by atoms with Crippen molar-refractivity contribution in [3.63, 3.8) is 0 Å². The summed E-state index contributed by atoms with van der Waals surface area (Å²) in [6, 6.07) is 14.2. The highest BCUT2D eigenvalue weighted by Crippen LogP contribution is 2.27. The third-order valence-electron chi connectivity index (χ3n) is 6.68. The number of aromatic nitrogens is 5. The zero-order valence-electron chi connectivity index (χ0n) is 23.6. The quantitative estimate of drug-likeness (QED) is 0.136. The minimum Gasteiger partial charge on any atom is -0.450 e. The van der Waals surface area contributed by atoms with Crippen LogP contribution in [0.4, 0.5) is 25.2 Å². The van der Waals surface area contributed by atoms with Crippen molar-refractivity contribution in [2.75, 3.05) is 17.2 Å². The molecule has 1 amide bonds. The first kappa shape index (κ1) is 30.0. The lowest BCUT2D eigenvalue weighted by molar-refractivity contribution is 0.122. The maximum absolute atomic E-state index is 13.7. The fraction of sp³-hybridized carbons (Fsp3) is 0.200. The van der Waals surface area contributed by atoms with Crippen LogP contribution in [0.1, 0.15) is 48.6 Å². The number of carbonyl (C=O) groups excluding carboxylic acids is 1. The number of carbonyl (C=O) groups is 1. The molecule has 3 heterocycles. The number of anilines is 2. The van der Waals surface area contributed by atoms with Crippen molar-refractivity contribution in [1.82, 2.24) is 30.5 Å². The summed E-state index contributed by atoms with van der Waals surface area (Å²) < 4.78 is 32.0. The van der Waals surface area contributed by atoms with Gasteiger partial charge in [-0.3, -0.25) is 15.7 Å². The van der Waals surface area contributed by atoms with Gasteiger partial charge in [-0.1, -0.05) is 30.3 Å². The van der Waals surface area contributed by atoms with Crippen LogP contribution in [0.25, 0.3) is 22.2 Å². The average molecular weight is 600 g/mol. The van der Waals surface area contributed by atoms with Gasteiger partial charge in [0.2, 0.25) is 0 Å². The highest BCUT2D eigenvalue weighted by atomic mass is 19.2. The average Bonchev–Trinajstić information content (AvgIpc) is 3.43. The summed E-state index contributed by atoms with van der Waals surface area (Å²) in [5.74, 6) is -1.42.